The molecule has 28 heavy (non-hydrogen) atoms. The van der Waals surface area contributed by atoms with Crippen molar-refractivity contribution in [2.45, 2.75) is 33.2 Å². The molecule has 1 amide bonds. The number of aryl methyl sites for hydroxylation is 1. The van der Waals surface area contributed by atoms with Crippen molar-refractivity contribution < 1.29 is 9.53 Å². The molecule has 0 saturated carbocycles. The summed E-state index contributed by atoms with van der Waals surface area (Å²) in [6.07, 6.45) is 0.894. The second-order valence-electron chi connectivity index (χ2n) is 7.13. The maximum absolute atomic E-state index is 13.1. The van der Waals surface area contributed by atoms with Gasteiger partial charge in [-0.25, -0.2) is 0 Å². The number of benzene rings is 2. The fraction of sp³-hybridized carbons (Fsp3) is 0.304. The lowest BCUT2D eigenvalue weighted by Crippen LogP contribution is -2.30. The molecule has 0 fully saturated rings. The maximum Gasteiger partial charge on any atom is 0.273 e. The van der Waals surface area contributed by atoms with Gasteiger partial charge in [-0.15, -0.1) is 0 Å². The van der Waals surface area contributed by atoms with Crippen LogP contribution in [0.4, 0.5) is 0 Å². The molecule has 5 nitrogen and oxygen atoms in total. The number of aromatic amines is 1. The molecular weight excluding hydrogens is 350 g/mol. The molecule has 0 saturated heterocycles. The van der Waals surface area contributed by atoms with Crippen molar-refractivity contribution in [3.8, 4) is 17.0 Å². The average molecular weight is 375 g/mol. The lowest BCUT2D eigenvalue weighted by molar-refractivity contribution is 0.0743. The molecule has 0 spiro atoms. The number of ether oxygens (including phenoxy) is 1. The summed E-state index contributed by atoms with van der Waals surface area (Å²) in [7, 11) is 0. The molecule has 3 aromatic rings. The molecule has 0 bridgehead atoms. The van der Waals surface area contributed by atoms with Crippen molar-refractivity contribution in [3.05, 3.63) is 70.9 Å². The second-order valence-corrected chi connectivity index (χ2v) is 7.13. The zero-order chi connectivity index (χ0) is 19.7. The monoisotopic (exact) mass is 375 g/mol. The Balaban J connectivity index is 1.85. The Labute approximate surface area is 165 Å². The van der Waals surface area contributed by atoms with Gasteiger partial charge < -0.3 is 9.64 Å². The molecule has 144 valence electrons. The largest absolute Gasteiger partial charge is 0.494 e. The molecule has 4 rings (SSSR count). The topological polar surface area (TPSA) is 58.2 Å². The number of nitrogens with one attached hydrogen (secondary N) is 1. The summed E-state index contributed by atoms with van der Waals surface area (Å²) < 4.78 is 5.70. The Kier molecular flexibility index (Phi) is 4.90. The van der Waals surface area contributed by atoms with E-state index in [-0.39, 0.29) is 11.9 Å². The van der Waals surface area contributed by atoms with Crippen LogP contribution in [0.3, 0.4) is 0 Å². The third-order valence-corrected chi connectivity index (χ3v) is 5.14. The summed E-state index contributed by atoms with van der Waals surface area (Å²) in [6, 6.07) is 16.1. The molecular formula is C23H25N3O2. The van der Waals surface area contributed by atoms with Gasteiger partial charge in [0, 0.05) is 17.7 Å². The fourth-order valence-electron chi connectivity index (χ4n) is 3.89. The van der Waals surface area contributed by atoms with E-state index in [9.17, 15) is 4.79 Å². The van der Waals surface area contributed by atoms with E-state index < -0.39 is 0 Å². The number of hydrogen-bond donors (Lipinski definition) is 1. The molecule has 5 heteroatoms. The maximum atomic E-state index is 13.1. The van der Waals surface area contributed by atoms with E-state index in [2.05, 4.69) is 54.4 Å². The van der Waals surface area contributed by atoms with Gasteiger partial charge in [0.1, 0.15) is 11.4 Å². The van der Waals surface area contributed by atoms with E-state index in [1.54, 1.807) is 0 Å². The number of amides is 1. The van der Waals surface area contributed by atoms with Crippen LogP contribution < -0.4 is 4.74 Å². The molecule has 1 atom stereocenters. The number of H-pyrrole nitrogens is 1. The molecule has 1 unspecified atom stereocenters. The van der Waals surface area contributed by atoms with Gasteiger partial charge in [-0.3, -0.25) is 9.89 Å². The molecule has 1 aromatic heterocycles. The Hall–Kier alpha value is -3.08. The first kappa shape index (κ1) is 18.3. The lowest BCUT2D eigenvalue weighted by atomic mass is 9.95. The summed E-state index contributed by atoms with van der Waals surface area (Å²) in [5, 5.41) is 7.52. The summed E-state index contributed by atoms with van der Waals surface area (Å²) in [5.74, 6) is 0.826. The molecule has 1 N–H and O–H groups in total. The molecule has 0 radical (unpaired) electrons. The van der Waals surface area contributed by atoms with E-state index in [0.717, 1.165) is 34.6 Å². The Bertz CT molecular complexity index is 991. The highest BCUT2D eigenvalue weighted by Crippen LogP contribution is 2.43. The number of fused-ring (bicyclic) bond motifs is 1. The predicted molar refractivity (Wildman–Crippen MR) is 110 cm³/mol. The Morgan fingerprint density at radius 3 is 2.64 bits per heavy atom. The van der Waals surface area contributed by atoms with Gasteiger partial charge in [-0.1, -0.05) is 48.9 Å². The van der Waals surface area contributed by atoms with Gasteiger partial charge >= 0.3 is 0 Å². The summed E-state index contributed by atoms with van der Waals surface area (Å²) in [6.45, 7) is 7.43. The van der Waals surface area contributed by atoms with Gasteiger partial charge in [0.25, 0.3) is 5.91 Å². The standard InChI is InChI=1S/C23H25N3O2/c1-4-13-26-22(17-7-6-8-18(14-17)28-5-2)19-20(24-25-21(19)23(26)27)16-11-9-15(3)10-12-16/h6-12,14,22H,4-5,13H2,1-3H3,(H,24,25). The van der Waals surface area contributed by atoms with Crippen LogP contribution >= 0.6 is 0 Å². The third kappa shape index (κ3) is 3.07. The van der Waals surface area contributed by atoms with Crippen molar-refractivity contribution in [1.29, 1.82) is 0 Å². The number of carbonyl (C=O) groups is 1. The van der Waals surface area contributed by atoms with Crippen LogP contribution in [0.1, 0.15) is 53.5 Å². The summed E-state index contributed by atoms with van der Waals surface area (Å²) in [4.78, 5) is 15.0. The highest BCUT2D eigenvalue weighted by atomic mass is 16.5. The van der Waals surface area contributed by atoms with Gasteiger partial charge in [0.15, 0.2) is 0 Å². The normalized spacial score (nSPS) is 15.8. The van der Waals surface area contributed by atoms with Crippen molar-refractivity contribution in [3.63, 3.8) is 0 Å². The van der Waals surface area contributed by atoms with E-state index in [0.29, 0.717) is 18.8 Å². The number of carbonyl (C=O) groups excluding carboxylic acids is 1. The van der Waals surface area contributed by atoms with Gasteiger partial charge in [-0.05, 0) is 38.0 Å². The van der Waals surface area contributed by atoms with Gasteiger partial charge in [0.05, 0.1) is 18.3 Å². The smallest absolute Gasteiger partial charge is 0.273 e. The van der Waals surface area contributed by atoms with Crippen LogP contribution in [0.15, 0.2) is 48.5 Å². The highest BCUT2D eigenvalue weighted by Gasteiger charge is 2.41. The summed E-state index contributed by atoms with van der Waals surface area (Å²) >= 11 is 0. The first-order chi connectivity index (χ1) is 13.6. The molecule has 2 heterocycles. The van der Waals surface area contributed by atoms with Crippen LogP contribution in [0, 0.1) is 6.92 Å². The first-order valence-corrected chi connectivity index (χ1v) is 9.83. The zero-order valence-electron chi connectivity index (χ0n) is 16.5. The zero-order valence-corrected chi connectivity index (χ0v) is 16.5. The van der Waals surface area contributed by atoms with E-state index in [4.69, 9.17) is 4.74 Å². The SMILES string of the molecule is CCCN1C(=O)c2[nH]nc(-c3ccc(C)cc3)c2C1c1cccc(OCC)c1. The van der Waals surface area contributed by atoms with Crippen LogP contribution in [-0.2, 0) is 0 Å². The molecule has 0 aliphatic carbocycles. The molecule has 1 aliphatic rings. The number of nitrogens with zero attached hydrogens (tertiary/aromatic N) is 2. The van der Waals surface area contributed by atoms with Crippen LogP contribution in [-0.4, -0.2) is 34.2 Å². The van der Waals surface area contributed by atoms with Crippen LogP contribution in [0.25, 0.3) is 11.3 Å². The van der Waals surface area contributed by atoms with E-state index in [1.807, 2.05) is 30.0 Å². The number of hydrogen-bond acceptors (Lipinski definition) is 3. The van der Waals surface area contributed by atoms with Crippen molar-refractivity contribution >= 4 is 5.91 Å². The first-order valence-electron chi connectivity index (χ1n) is 9.83. The minimum absolute atomic E-state index is 0.00882. The molecule has 1 aliphatic heterocycles. The van der Waals surface area contributed by atoms with Crippen molar-refractivity contribution in [2.24, 2.45) is 0 Å². The van der Waals surface area contributed by atoms with E-state index in [1.165, 1.54) is 5.56 Å². The minimum atomic E-state index is -0.169. The third-order valence-electron chi connectivity index (χ3n) is 5.14. The fourth-order valence-corrected chi connectivity index (χ4v) is 3.89. The predicted octanol–water partition coefficient (Wildman–Crippen LogP) is 4.74. The minimum Gasteiger partial charge on any atom is -0.494 e. The second kappa shape index (κ2) is 7.50. The Morgan fingerprint density at radius 1 is 1.14 bits per heavy atom. The van der Waals surface area contributed by atoms with Gasteiger partial charge in [-0.2, -0.15) is 5.10 Å². The quantitative estimate of drug-likeness (QED) is 0.677. The number of rotatable bonds is 6. The van der Waals surface area contributed by atoms with Crippen molar-refractivity contribution in [2.75, 3.05) is 13.2 Å². The Morgan fingerprint density at radius 2 is 1.93 bits per heavy atom. The van der Waals surface area contributed by atoms with Gasteiger partial charge in [0.2, 0.25) is 0 Å². The number of aromatic nitrogens is 2. The highest BCUT2D eigenvalue weighted by molar-refractivity contribution is 6.00. The van der Waals surface area contributed by atoms with Crippen LogP contribution in [0.5, 0.6) is 5.75 Å². The average Bonchev–Trinajstić information content (AvgIpc) is 3.23. The van der Waals surface area contributed by atoms with Crippen LogP contribution in [0.2, 0.25) is 0 Å². The lowest BCUT2D eigenvalue weighted by Gasteiger charge is -2.26. The van der Waals surface area contributed by atoms with E-state index >= 15 is 0 Å². The van der Waals surface area contributed by atoms with Crippen molar-refractivity contribution in [1.82, 2.24) is 15.1 Å². The molecule has 2 aromatic carbocycles. The summed E-state index contributed by atoms with van der Waals surface area (Å²) in [5.41, 5.74) is 5.64.